The number of hydrogen-bond acceptors (Lipinski definition) is 4. The summed E-state index contributed by atoms with van der Waals surface area (Å²) >= 11 is 0. The van der Waals surface area contributed by atoms with E-state index in [9.17, 15) is 0 Å². The fourth-order valence-electron chi connectivity index (χ4n) is 2.14. The molecule has 0 fully saturated rings. The molecule has 4 nitrogen and oxygen atoms in total. The number of nitrogens with zero attached hydrogens (tertiary/aromatic N) is 1. The highest BCUT2D eigenvalue weighted by Crippen LogP contribution is 2.16. The van der Waals surface area contributed by atoms with Gasteiger partial charge >= 0.3 is 0 Å². The lowest BCUT2D eigenvalue weighted by molar-refractivity contribution is 0.161. The molecule has 1 heterocycles. The topological polar surface area (TPSA) is 54.4 Å². The van der Waals surface area contributed by atoms with Gasteiger partial charge in [-0.3, -0.25) is 0 Å². The predicted molar refractivity (Wildman–Crippen MR) is 81.1 cm³/mol. The quantitative estimate of drug-likeness (QED) is 0.704. The predicted octanol–water partition coefficient (Wildman–Crippen LogP) is 3.29. The molecule has 4 heteroatoms. The second-order valence-electron chi connectivity index (χ2n) is 4.76. The van der Waals surface area contributed by atoms with Crippen LogP contribution in [0, 0.1) is 0 Å². The van der Waals surface area contributed by atoms with Gasteiger partial charge in [0.1, 0.15) is 12.4 Å². The van der Waals surface area contributed by atoms with Crippen LogP contribution < -0.4 is 10.2 Å². The lowest BCUT2D eigenvalue weighted by Gasteiger charge is -2.07. The van der Waals surface area contributed by atoms with Crippen LogP contribution in [0.3, 0.4) is 0 Å². The number of fused-ring (bicyclic) bond motifs is 1. The Morgan fingerprint density at radius 3 is 2.57 bits per heavy atom. The number of para-hydroxylation sites is 1. The maximum atomic E-state index is 8.64. The molecule has 3 rings (SSSR count). The second-order valence-corrected chi connectivity index (χ2v) is 4.76. The number of benzene rings is 2. The van der Waals surface area contributed by atoms with Gasteiger partial charge in [0.15, 0.2) is 0 Å². The van der Waals surface area contributed by atoms with Gasteiger partial charge in [0, 0.05) is 11.9 Å². The van der Waals surface area contributed by atoms with Crippen LogP contribution in [0.4, 0.5) is 0 Å². The fraction of sp³-hybridized carbons (Fsp3) is 0.118. The van der Waals surface area contributed by atoms with Crippen LogP contribution in [-0.4, -0.2) is 10.2 Å². The zero-order valence-electron chi connectivity index (χ0n) is 11.5. The summed E-state index contributed by atoms with van der Waals surface area (Å²) in [6.07, 6.45) is 0. The van der Waals surface area contributed by atoms with Crippen LogP contribution in [0.15, 0.2) is 60.7 Å². The van der Waals surface area contributed by atoms with Crippen molar-refractivity contribution in [1.29, 1.82) is 0 Å². The van der Waals surface area contributed by atoms with Crippen molar-refractivity contribution in [2.24, 2.45) is 0 Å². The Kier molecular flexibility index (Phi) is 4.09. The minimum absolute atomic E-state index is 0.423. The molecule has 3 aromatic rings. The first-order valence-electron chi connectivity index (χ1n) is 6.78. The van der Waals surface area contributed by atoms with E-state index in [1.165, 1.54) is 0 Å². The maximum Gasteiger partial charge on any atom is 0.130 e. The molecule has 0 atom stereocenters. The van der Waals surface area contributed by atoms with Crippen molar-refractivity contribution in [2.75, 3.05) is 0 Å². The monoisotopic (exact) mass is 280 g/mol. The Labute approximate surface area is 123 Å². The van der Waals surface area contributed by atoms with Crippen molar-refractivity contribution < 1.29 is 9.94 Å². The molecule has 0 radical (unpaired) electrons. The number of ether oxygens (including phenoxy) is 1. The van der Waals surface area contributed by atoms with E-state index < -0.39 is 0 Å². The van der Waals surface area contributed by atoms with Crippen molar-refractivity contribution in [3.8, 4) is 5.75 Å². The summed E-state index contributed by atoms with van der Waals surface area (Å²) in [6.45, 7) is 0.856. The van der Waals surface area contributed by atoms with Gasteiger partial charge in [0.05, 0.1) is 11.2 Å². The summed E-state index contributed by atoms with van der Waals surface area (Å²) < 4.78 is 5.73. The van der Waals surface area contributed by atoms with Crippen LogP contribution in [0.5, 0.6) is 5.75 Å². The van der Waals surface area contributed by atoms with Gasteiger partial charge in [-0.2, -0.15) is 0 Å². The number of aromatic nitrogens is 1. The number of hydrogen-bond donors (Lipinski definition) is 2. The summed E-state index contributed by atoms with van der Waals surface area (Å²) in [7, 11) is 0. The summed E-state index contributed by atoms with van der Waals surface area (Å²) in [5, 5.41) is 9.77. The highest BCUT2D eigenvalue weighted by atomic mass is 16.5. The van der Waals surface area contributed by atoms with Crippen molar-refractivity contribution in [3.05, 3.63) is 71.9 Å². The molecule has 0 aliphatic heterocycles. The molecule has 2 aromatic carbocycles. The normalized spacial score (nSPS) is 10.7. The van der Waals surface area contributed by atoms with Crippen molar-refractivity contribution in [2.45, 2.75) is 13.2 Å². The number of pyridine rings is 1. The van der Waals surface area contributed by atoms with Gasteiger partial charge in [-0.1, -0.05) is 36.4 Å². The zero-order valence-corrected chi connectivity index (χ0v) is 11.5. The molecule has 1 aromatic heterocycles. The maximum absolute atomic E-state index is 8.64. The minimum atomic E-state index is 0.423. The molecule has 0 saturated heterocycles. The van der Waals surface area contributed by atoms with Gasteiger partial charge < -0.3 is 9.94 Å². The molecule has 0 amide bonds. The van der Waals surface area contributed by atoms with E-state index in [0.717, 1.165) is 27.9 Å². The highest BCUT2D eigenvalue weighted by Gasteiger charge is 2.00. The van der Waals surface area contributed by atoms with Crippen LogP contribution in [0.25, 0.3) is 10.9 Å². The molecular formula is C17H16N2O2. The van der Waals surface area contributed by atoms with E-state index >= 15 is 0 Å². The molecular weight excluding hydrogens is 264 g/mol. The van der Waals surface area contributed by atoms with E-state index in [1.807, 2.05) is 54.6 Å². The van der Waals surface area contributed by atoms with Crippen molar-refractivity contribution in [1.82, 2.24) is 10.5 Å². The third-order valence-electron chi connectivity index (χ3n) is 3.25. The summed E-state index contributed by atoms with van der Waals surface area (Å²) in [5.74, 6) is 0.784. The van der Waals surface area contributed by atoms with Crippen LogP contribution >= 0.6 is 0 Å². The molecule has 0 aliphatic rings. The zero-order chi connectivity index (χ0) is 14.5. The summed E-state index contributed by atoms with van der Waals surface area (Å²) in [5.41, 5.74) is 4.99. The van der Waals surface area contributed by atoms with Gasteiger partial charge in [0.25, 0.3) is 0 Å². The van der Waals surface area contributed by atoms with E-state index in [-0.39, 0.29) is 0 Å². The fourth-order valence-corrected chi connectivity index (χ4v) is 2.14. The number of rotatable bonds is 5. The Morgan fingerprint density at radius 2 is 1.76 bits per heavy atom. The van der Waals surface area contributed by atoms with Gasteiger partial charge in [-0.15, -0.1) is 0 Å². The van der Waals surface area contributed by atoms with Crippen LogP contribution in [0.1, 0.15) is 11.3 Å². The van der Waals surface area contributed by atoms with Crippen LogP contribution in [-0.2, 0) is 13.2 Å². The highest BCUT2D eigenvalue weighted by molar-refractivity contribution is 5.78. The summed E-state index contributed by atoms with van der Waals surface area (Å²) in [4.78, 5) is 4.57. The molecule has 106 valence electrons. The molecule has 21 heavy (non-hydrogen) atoms. The first-order chi connectivity index (χ1) is 10.3. The standard InChI is InChI=1S/C17H16N2O2/c20-18-11-13-5-9-16(10-6-13)21-12-15-8-7-14-3-1-2-4-17(14)19-15/h1-10,18,20H,11-12H2. The van der Waals surface area contributed by atoms with Crippen molar-refractivity contribution in [3.63, 3.8) is 0 Å². The minimum Gasteiger partial charge on any atom is -0.487 e. The SMILES string of the molecule is ONCc1ccc(OCc2ccc3ccccc3n2)cc1. The Hall–Kier alpha value is -2.43. The third kappa shape index (κ3) is 3.37. The number of nitrogens with one attached hydrogen (secondary N) is 1. The molecule has 2 N–H and O–H groups in total. The third-order valence-corrected chi connectivity index (χ3v) is 3.25. The Balaban J connectivity index is 1.68. The lowest BCUT2D eigenvalue weighted by Crippen LogP contribution is -2.05. The summed E-state index contributed by atoms with van der Waals surface area (Å²) in [6, 6.07) is 19.6. The Morgan fingerprint density at radius 1 is 0.952 bits per heavy atom. The first-order valence-corrected chi connectivity index (χ1v) is 6.78. The average molecular weight is 280 g/mol. The Bertz CT molecular complexity index is 726. The largest absolute Gasteiger partial charge is 0.487 e. The van der Waals surface area contributed by atoms with E-state index in [1.54, 1.807) is 0 Å². The molecule has 0 spiro atoms. The van der Waals surface area contributed by atoms with Crippen LogP contribution in [0.2, 0.25) is 0 Å². The lowest BCUT2D eigenvalue weighted by atomic mass is 10.2. The molecule has 0 aliphatic carbocycles. The van der Waals surface area contributed by atoms with E-state index in [4.69, 9.17) is 9.94 Å². The smallest absolute Gasteiger partial charge is 0.130 e. The van der Waals surface area contributed by atoms with E-state index in [2.05, 4.69) is 16.5 Å². The van der Waals surface area contributed by atoms with Gasteiger partial charge in [-0.05, 0) is 29.8 Å². The van der Waals surface area contributed by atoms with E-state index in [0.29, 0.717) is 13.2 Å². The second kappa shape index (κ2) is 6.35. The van der Waals surface area contributed by atoms with Gasteiger partial charge in [-0.25, -0.2) is 10.5 Å². The average Bonchev–Trinajstić information content (AvgIpc) is 2.54. The van der Waals surface area contributed by atoms with Crippen molar-refractivity contribution >= 4 is 10.9 Å². The number of hydroxylamine groups is 1. The molecule has 0 bridgehead atoms. The molecule has 0 unspecified atom stereocenters. The van der Waals surface area contributed by atoms with Gasteiger partial charge in [0.2, 0.25) is 0 Å². The molecule has 0 saturated carbocycles. The first kappa shape index (κ1) is 13.5.